The Hall–Kier alpha value is -1.29. The third kappa shape index (κ3) is 1.85. The summed E-state index contributed by atoms with van der Waals surface area (Å²) in [6.45, 7) is 1.79. The predicted octanol–water partition coefficient (Wildman–Crippen LogP) is 3.18. The predicted molar refractivity (Wildman–Crippen MR) is 75.8 cm³/mol. The van der Waals surface area contributed by atoms with Crippen molar-refractivity contribution < 1.29 is 4.79 Å². The molecule has 0 saturated carbocycles. The third-order valence-corrected chi connectivity index (χ3v) is 4.21. The monoisotopic (exact) mass is 306 g/mol. The van der Waals surface area contributed by atoms with E-state index in [4.69, 9.17) is 0 Å². The zero-order valence-corrected chi connectivity index (χ0v) is 11.9. The minimum absolute atomic E-state index is 0.159. The van der Waals surface area contributed by atoms with Gasteiger partial charge in [0.15, 0.2) is 0 Å². The molecule has 0 spiro atoms. The zero-order valence-electron chi connectivity index (χ0n) is 10.3. The number of aromatic nitrogens is 1. The van der Waals surface area contributed by atoms with Crippen LogP contribution in [0.1, 0.15) is 23.2 Å². The Balaban J connectivity index is 2.02. The summed E-state index contributed by atoms with van der Waals surface area (Å²) in [6, 6.07) is 5.93. The quantitative estimate of drug-likeness (QED) is 0.794. The van der Waals surface area contributed by atoms with Crippen molar-refractivity contribution >= 4 is 32.7 Å². The maximum Gasteiger partial charge on any atom is 0.253 e. The van der Waals surface area contributed by atoms with Crippen LogP contribution in [0, 0.1) is 0 Å². The molecule has 0 atom stereocenters. The van der Waals surface area contributed by atoms with Gasteiger partial charge in [-0.05, 0) is 40.9 Å². The number of hydrogen-bond acceptors (Lipinski definition) is 1. The lowest BCUT2D eigenvalue weighted by molar-refractivity contribution is 0.0793. The average Bonchev–Trinajstić information content (AvgIpc) is 2.98. The fraction of sp³-hybridized carbons (Fsp3) is 0.357. The summed E-state index contributed by atoms with van der Waals surface area (Å²) in [5.41, 5.74) is 1.88. The Labute approximate surface area is 115 Å². The first-order chi connectivity index (χ1) is 8.66. The molecule has 4 heteroatoms. The van der Waals surface area contributed by atoms with Gasteiger partial charge in [-0.25, -0.2) is 0 Å². The second-order valence-corrected chi connectivity index (χ2v) is 5.67. The molecule has 0 radical (unpaired) electrons. The molecule has 0 unspecified atom stereocenters. The van der Waals surface area contributed by atoms with Crippen LogP contribution in [0.4, 0.5) is 0 Å². The van der Waals surface area contributed by atoms with Crippen molar-refractivity contribution in [3.63, 3.8) is 0 Å². The summed E-state index contributed by atoms with van der Waals surface area (Å²) in [7, 11) is 2.00. The molecule has 1 aliphatic rings. The van der Waals surface area contributed by atoms with Gasteiger partial charge in [-0.1, -0.05) is 6.07 Å². The van der Waals surface area contributed by atoms with Gasteiger partial charge >= 0.3 is 0 Å². The molecule has 1 aromatic heterocycles. The number of amides is 1. The third-order valence-electron chi connectivity index (χ3n) is 3.58. The van der Waals surface area contributed by atoms with Crippen LogP contribution in [0.5, 0.6) is 0 Å². The van der Waals surface area contributed by atoms with Crippen LogP contribution in [0.2, 0.25) is 0 Å². The van der Waals surface area contributed by atoms with E-state index in [0.29, 0.717) is 0 Å². The molecule has 94 valence electrons. The van der Waals surface area contributed by atoms with Crippen molar-refractivity contribution in [2.24, 2.45) is 7.05 Å². The van der Waals surface area contributed by atoms with E-state index in [-0.39, 0.29) is 5.91 Å². The van der Waals surface area contributed by atoms with Crippen LogP contribution in [0.15, 0.2) is 28.9 Å². The summed E-state index contributed by atoms with van der Waals surface area (Å²) >= 11 is 3.53. The standard InChI is InChI=1S/C14H15BrN2O/c1-16-9-12(15)11-5-4-10(8-13(11)16)14(18)17-6-2-3-7-17/h4-5,8-9H,2-3,6-7H2,1H3. The van der Waals surface area contributed by atoms with Crippen LogP contribution >= 0.6 is 15.9 Å². The molecule has 1 saturated heterocycles. The zero-order chi connectivity index (χ0) is 12.7. The molecular weight excluding hydrogens is 292 g/mol. The molecular formula is C14H15BrN2O. The first kappa shape index (κ1) is 11.8. The molecule has 1 amide bonds. The van der Waals surface area contributed by atoms with Gasteiger partial charge in [0.05, 0.1) is 0 Å². The number of aryl methyl sites for hydroxylation is 1. The van der Waals surface area contributed by atoms with E-state index in [0.717, 1.165) is 46.9 Å². The number of carbonyl (C=O) groups excluding carboxylic acids is 1. The summed E-state index contributed by atoms with van der Waals surface area (Å²) in [6.07, 6.45) is 4.28. The summed E-state index contributed by atoms with van der Waals surface area (Å²) in [4.78, 5) is 14.3. The minimum Gasteiger partial charge on any atom is -0.349 e. The smallest absolute Gasteiger partial charge is 0.253 e. The normalized spacial score (nSPS) is 15.6. The lowest BCUT2D eigenvalue weighted by atomic mass is 10.1. The number of hydrogen-bond donors (Lipinski definition) is 0. The van der Waals surface area contributed by atoms with E-state index in [1.165, 1.54) is 0 Å². The van der Waals surface area contributed by atoms with Crippen molar-refractivity contribution in [1.82, 2.24) is 9.47 Å². The van der Waals surface area contributed by atoms with Crippen molar-refractivity contribution in [3.05, 3.63) is 34.4 Å². The van der Waals surface area contributed by atoms with Gasteiger partial charge < -0.3 is 9.47 Å². The summed E-state index contributed by atoms with van der Waals surface area (Å²) in [5.74, 6) is 0.159. The molecule has 18 heavy (non-hydrogen) atoms. The fourth-order valence-corrected chi connectivity index (χ4v) is 3.21. The van der Waals surface area contributed by atoms with Crippen molar-refractivity contribution in [3.8, 4) is 0 Å². The highest BCUT2D eigenvalue weighted by Crippen LogP contribution is 2.27. The van der Waals surface area contributed by atoms with E-state index in [1.54, 1.807) is 0 Å². The van der Waals surface area contributed by atoms with E-state index >= 15 is 0 Å². The molecule has 0 aliphatic carbocycles. The maximum atomic E-state index is 12.3. The van der Waals surface area contributed by atoms with Gasteiger partial charge in [0.2, 0.25) is 0 Å². The first-order valence-corrected chi connectivity index (χ1v) is 7.00. The number of rotatable bonds is 1. The average molecular weight is 307 g/mol. The molecule has 3 rings (SSSR count). The molecule has 2 heterocycles. The number of carbonyl (C=O) groups is 1. The van der Waals surface area contributed by atoms with Gasteiger partial charge in [-0.2, -0.15) is 0 Å². The Bertz CT molecular complexity index is 612. The highest BCUT2D eigenvalue weighted by Gasteiger charge is 2.20. The topological polar surface area (TPSA) is 25.2 Å². The first-order valence-electron chi connectivity index (χ1n) is 6.20. The summed E-state index contributed by atoms with van der Waals surface area (Å²) in [5, 5.41) is 1.15. The fourth-order valence-electron chi connectivity index (χ4n) is 2.57. The van der Waals surface area contributed by atoms with Crippen LogP contribution in [0.25, 0.3) is 10.9 Å². The maximum absolute atomic E-state index is 12.3. The number of benzene rings is 1. The second-order valence-electron chi connectivity index (χ2n) is 4.82. The lowest BCUT2D eigenvalue weighted by Crippen LogP contribution is -2.27. The molecule has 3 nitrogen and oxygen atoms in total. The Morgan fingerprint density at radius 2 is 2.00 bits per heavy atom. The van der Waals surface area contributed by atoms with E-state index in [9.17, 15) is 4.79 Å². The Kier molecular flexibility index (Phi) is 2.90. The molecule has 0 bridgehead atoms. The van der Waals surface area contributed by atoms with Gasteiger partial charge in [0.1, 0.15) is 0 Å². The molecule has 2 aromatic rings. The Morgan fingerprint density at radius 1 is 1.28 bits per heavy atom. The molecule has 1 aliphatic heterocycles. The van der Waals surface area contributed by atoms with Gasteiger partial charge in [-0.15, -0.1) is 0 Å². The lowest BCUT2D eigenvalue weighted by Gasteiger charge is -2.15. The van der Waals surface area contributed by atoms with Gasteiger partial charge in [-0.3, -0.25) is 4.79 Å². The SMILES string of the molecule is Cn1cc(Br)c2ccc(C(=O)N3CCCC3)cc21. The van der Waals surface area contributed by atoms with Crippen LogP contribution in [0.3, 0.4) is 0 Å². The van der Waals surface area contributed by atoms with E-state index in [2.05, 4.69) is 15.9 Å². The van der Waals surface area contributed by atoms with Crippen molar-refractivity contribution in [2.45, 2.75) is 12.8 Å². The highest BCUT2D eigenvalue weighted by molar-refractivity contribution is 9.10. The van der Waals surface area contributed by atoms with Crippen molar-refractivity contribution in [1.29, 1.82) is 0 Å². The van der Waals surface area contributed by atoms with Gasteiger partial charge in [0.25, 0.3) is 5.91 Å². The minimum atomic E-state index is 0.159. The number of likely N-dealkylation sites (tertiary alicyclic amines) is 1. The Morgan fingerprint density at radius 3 is 2.72 bits per heavy atom. The number of halogens is 1. The van der Waals surface area contributed by atoms with E-state index in [1.807, 2.05) is 40.9 Å². The highest BCUT2D eigenvalue weighted by atomic mass is 79.9. The molecule has 0 N–H and O–H groups in total. The van der Waals surface area contributed by atoms with Gasteiger partial charge in [0, 0.05) is 47.3 Å². The summed E-state index contributed by atoms with van der Waals surface area (Å²) < 4.78 is 3.11. The molecule has 1 aromatic carbocycles. The largest absolute Gasteiger partial charge is 0.349 e. The number of fused-ring (bicyclic) bond motifs is 1. The number of nitrogens with zero attached hydrogens (tertiary/aromatic N) is 2. The van der Waals surface area contributed by atoms with Crippen LogP contribution in [-0.2, 0) is 7.05 Å². The van der Waals surface area contributed by atoms with Crippen LogP contribution in [-0.4, -0.2) is 28.5 Å². The molecule has 1 fully saturated rings. The van der Waals surface area contributed by atoms with E-state index < -0.39 is 0 Å². The van der Waals surface area contributed by atoms with Crippen molar-refractivity contribution in [2.75, 3.05) is 13.1 Å². The van der Waals surface area contributed by atoms with Crippen LogP contribution < -0.4 is 0 Å². The second kappa shape index (κ2) is 4.43.